The van der Waals surface area contributed by atoms with Crippen molar-refractivity contribution in [2.45, 2.75) is 116 Å². The average molecular weight is 441 g/mol. The third-order valence-corrected chi connectivity index (χ3v) is 5.53. The van der Waals surface area contributed by atoms with E-state index < -0.39 is 6.04 Å². The van der Waals surface area contributed by atoms with Gasteiger partial charge < -0.3 is 22.1 Å². The molecule has 0 saturated carbocycles. The lowest BCUT2D eigenvalue weighted by Crippen LogP contribution is -2.40. The molecule has 7 nitrogen and oxygen atoms in total. The summed E-state index contributed by atoms with van der Waals surface area (Å²) in [6.45, 7) is 3.91. The number of rotatable bonds is 22. The van der Waals surface area contributed by atoms with Crippen LogP contribution in [0.3, 0.4) is 0 Å². The maximum atomic E-state index is 12.2. The fraction of sp³-hybridized carbons (Fsp3) is 0.875. The summed E-state index contributed by atoms with van der Waals surface area (Å²) in [6, 6.07) is -0.404. The Kier molecular flexibility index (Phi) is 20.7. The molecule has 0 aliphatic heterocycles. The Bertz CT molecular complexity index is 472. The summed E-state index contributed by atoms with van der Waals surface area (Å²) in [4.78, 5) is 36.2. The lowest BCUT2D eigenvalue weighted by molar-refractivity contribution is -0.128. The zero-order valence-electron chi connectivity index (χ0n) is 19.9. The first-order valence-electron chi connectivity index (χ1n) is 12.5. The summed E-state index contributed by atoms with van der Waals surface area (Å²) in [5, 5.41) is 5.87. The molecule has 0 fully saturated rings. The summed E-state index contributed by atoms with van der Waals surface area (Å²) in [5.74, 6) is 0.139. The highest BCUT2D eigenvalue weighted by Crippen LogP contribution is 2.08. The molecule has 0 heterocycles. The van der Waals surface area contributed by atoms with Crippen molar-refractivity contribution in [1.82, 2.24) is 10.6 Å². The van der Waals surface area contributed by atoms with E-state index in [0.717, 1.165) is 90.1 Å². The smallest absolute Gasteiger partial charge is 0.220 e. The summed E-state index contributed by atoms with van der Waals surface area (Å²) in [7, 11) is 0. The molecule has 0 aliphatic carbocycles. The van der Waals surface area contributed by atoms with Crippen LogP contribution in [-0.2, 0) is 14.4 Å². The van der Waals surface area contributed by atoms with Gasteiger partial charge >= 0.3 is 0 Å². The van der Waals surface area contributed by atoms with Crippen LogP contribution in [-0.4, -0.2) is 43.3 Å². The van der Waals surface area contributed by atoms with Crippen LogP contribution in [0.1, 0.15) is 110 Å². The predicted molar refractivity (Wildman–Crippen MR) is 128 cm³/mol. The van der Waals surface area contributed by atoms with E-state index in [9.17, 15) is 14.4 Å². The molecule has 0 aromatic carbocycles. The van der Waals surface area contributed by atoms with Gasteiger partial charge in [-0.25, -0.2) is 0 Å². The SMILES string of the molecule is CCC(=O)[C@H](CCCCNC(=O)CCCCCCCN)NC(=O)CCCCCCCN. The topological polar surface area (TPSA) is 127 Å². The van der Waals surface area contributed by atoms with Crippen LogP contribution < -0.4 is 22.1 Å². The molecule has 6 N–H and O–H groups in total. The molecule has 0 aliphatic rings. The number of unbranched alkanes of at least 4 members (excludes halogenated alkanes) is 9. The van der Waals surface area contributed by atoms with Gasteiger partial charge in [0.15, 0.2) is 5.78 Å². The molecule has 0 aromatic heterocycles. The number of hydrogen-bond donors (Lipinski definition) is 4. The zero-order chi connectivity index (χ0) is 23.2. The predicted octanol–water partition coefficient (Wildman–Crippen LogP) is 3.34. The molecular formula is C24H48N4O3. The fourth-order valence-electron chi connectivity index (χ4n) is 3.54. The van der Waals surface area contributed by atoms with E-state index in [2.05, 4.69) is 10.6 Å². The minimum Gasteiger partial charge on any atom is -0.356 e. The third kappa shape index (κ3) is 19.0. The number of ketones is 1. The second-order valence-electron chi connectivity index (χ2n) is 8.40. The van der Waals surface area contributed by atoms with Gasteiger partial charge in [0.25, 0.3) is 0 Å². The van der Waals surface area contributed by atoms with Crippen LogP contribution in [0, 0.1) is 0 Å². The van der Waals surface area contributed by atoms with Crippen molar-refractivity contribution in [2.75, 3.05) is 19.6 Å². The number of nitrogens with two attached hydrogens (primary N) is 2. The van der Waals surface area contributed by atoms with Crippen LogP contribution in [0.15, 0.2) is 0 Å². The van der Waals surface area contributed by atoms with Gasteiger partial charge in [-0.15, -0.1) is 0 Å². The van der Waals surface area contributed by atoms with Crippen molar-refractivity contribution in [1.29, 1.82) is 0 Å². The van der Waals surface area contributed by atoms with Gasteiger partial charge in [0, 0.05) is 25.8 Å². The fourth-order valence-corrected chi connectivity index (χ4v) is 3.54. The summed E-state index contributed by atoms with van der Waals surface area (Å²) < 4.78 is 0. The van der Waals surface area contributed by atoms with E-state index in [1.165, 1.54) is 0 Å². The standard InChI is InChI=1S/C24H48N4O3/c1-2-22(29)21(28-24(31)17-10-6-4-8-13-19-26)15-11-14-20-27-23(30)16-9-5-3-7-12-18-25/h21H,2-20,25-26H2,1H3,(H,27,30)(H,28,31)/t21-/m0/s1. The molecule has 0 saturated heterocycles. The Morgan fingerprint density at radius 3 is 1.74 bits per heavy atom. The molecule has 182 valence electrons. The number of Topliss-reactive ketones (excluding diaryl/α,β-unsaturated/α-hetero) is 1. The quantitative estimate of drug-likeness (QED) is 0.192. The van der Waals surface area contributed by atoms with Crippen molar-refractivity contribution >= 4 is 17.6 Å². The normalized spacial score (nSPS) is 11.8. The molecule has 2 amide bonds. The van der Waals surface area contributed by atoms with Crippen molar-refractivity contribution in [2.24, 2.45) is 11.5 Å². The van der Waals surface area contributed by atoms with Gasteiger partial charge in [0.1, 0.15) is 0 Å². The van der Waals surface area contributed by atoms with E-state index >= 15 is 0 Å². The molecule has 0 bridgehead atoms. The van der Waals surface area contributed by atoms with Crippen molar-refractivity contribution in [3.63, 3.8) is 0 Å². The molecule has 31 heavy (non-hydrogen) atoms. The van der Waals surface area contributed by atoms with Crippen LogP contribution in [0.4, 0.5) is 0 Å². The first-order chi connectivity index (χ1) is 15.0. The highest BCUT2D eigenvalue weighted by Gasteiger charge is 2.18. The highest BCUT2D eigenvalue weighted by molar-refractivity contribution is 5.88. The lowest BCUT2D eigenvalue weighted by atomic mass is 10.0. The molecule has 0 unspecified atom stereocenters. The number of amides is 2. The van der Waals surface area contributed by atoms with Crippen LogP contribution in [0.5, 0.6) is 0 Å². The monoisotopic (exact) mass is 440 g/mol. The zero-order valence-corrected chi connectivity index (χ0v) is 19.9. The summed E-state index contributed by atoms with van der Waals surface area (Å²) in [6.07, 6.45) is 14.2. The maximum absolute atomic E-state index is 12.2. The number of nitrogens with one attached hydrogen (secondary N) is 2. The van der Waals surface area contributed by atoms with Gasteiger partial charge in [0.05, 0.1) is 6.04 Å². The Morgan fingerprint density at radius 1 is 0.677 bits per heavy atom. The largest absolute Gasteiger partial charge is 0.356 e. The maximum Gasteiger partial charge on any atom is 0.220 e. The van der Waals surface area contributed by atoms with Crippen molar-refractivity contribution in [3.05, 3.63) is 0 Å². The average Bonchev–Trinajstić information content (AvgIpc) is 2.76. The molecule has 1 atom stereocenters. The first kappa shape index (κ1) is 29.5. The second-order valence-corrected chi connectivity index (χ2v) is 8.40. The molecular weight excluding hydrogens is 392 g/mol. The van der Waals surface area contributed by atoms with Gasteiger partial charge in [-0.1, -0.05) is 45.4 Å². The van der Waals surface area contributed by atoms with Crippen LogP contribution >= 0.6 is 0 Å². The van der Waals surface area contributed by atoms with Gasteiger partial charge in [-0.05, 0) is 58.0 Å². The van der Waals surface area contributed by atoms with E-state index in [4.69, 9.17) is 11.5 Å². The van der Waals surface area contributed by atoms with E-state index in [0.29, 0.717) is 32.2 Å². The Balaban J connectivity index is 3.90. The van der Waals surface area contributed by atoms with E-state index in [-0.39, 0.29) is 17.6 Å². The molecule has 0 radical (unpaired) electrons. The van der Waals surface area contributed by atoms with Crippen LogP contribution in [0.2, 0.25) is 0 Å². The lowest BCUT2D eigenvalue weighted by Gasteiger charge is -2.17. The van der Waals surface area contributed by atoms with Gasteiger partial charge in [-0.2, -0.15) is 0 Å². The highest BCUT2D eigenvalue weighted by atomic mass is 16.2. The Labute approximate surface area is 189 Å². The Morgan fingerprint density at radius 2 is 1.19 bits per heavy atom. The number of carbonyl (C=O) groups excluding carboxylic acids is 3. The summed E-state index contributed by atoms with van der Waals surface area (Å²) in [5.41, 5.74) is 10.9. The summed E-state index contributed by atoms with van der Waals surface area (Å²) >= 11 is 0. The van der Waals surface area contributed by atoms with E-state index in [1.54, 1.807) is 0 Å². The van der Waals surface area contributed by atoms with Crippen molar-refractivity contribution < 1.29 is 14.4 Å². The van der Waals surface area contributed by atoms with E-state index in [1.807, 2.05) is 6.92 Å². The molecule has 0 spiro atoms. The van der Waals surface area contributed by atoms with Crippen LogP contribution in [0.25, 0.3) is 0 Å². The molecule has 0 rings (SSSR count). The second kappa shape index (κ2) is 21.8. The van der Waals surface area contributed by atoms with Gasteiger partial charge in [0.2, 0.25) is 11.8 Å². The molecule has 7 heteroatoms. The third-order valence-electron chi connectivity index (χ3n) is 5.53. The van der Waals surface area contributed by atoms with Gasteiger partial charge in [-0.3, -0.25) is 14.4 Å². The number of hydrogen-bond acceptors (Lipinski definition) is 5. The number of carbonyl (C=O) groups is 3. The minimum atomic E-state index is -0.404. The molecule has 0 aromatic rings. The first-order valence-corrected chi connectivity index (χ1v) is 12.5. The van der Waals surface area contributed by atoms with Crippen molar-refractivity contribution in [3.8, 4) is 0 Å². The Hall–Kier alpha value is -1.47. The minimum absolute atomic E-state index is 0.0367.